The first-order chi connectivity index (χ1) is 10.8. The molecule has 0 bridgehead atoms. The number of carboxylic acid groups (broad SMARTS) is 1. The third kappa shape index (κ3) is 4.27. The first-order valence-corrected chi connectivity index (χ1v) is 9.04. The zero-order valence-electron chi connectivity index (χ0n) is 13.4. The molecule has 7 nitrogen and oxygen atoms in total. The van der Waals surface area contributed by atoms with Crippen LogP contribution in [0, 0.1) is 5.92 Å². The first-order valence-electron chi connectivity index (χ1n) is 7.60. The molecule has 8 heteroatoms. The van der Waals surface area contributed by atoms with Crippen LogP contribution in [0.25, 0.3) is 0 Å². The Morgan fingerprint density at radius 3 is 2.78 bits per heavy atom. The molecule has 1 aromatic heterocycles. The third-order valence-corrected chi connectivity index (χ3v) is 6.17. The lowest BCUT2D eigenvalue weighted by atomic mass is 9.88. The van der Waals surface area contributed by atoms with Gasteiger partial charge in [0, 0.05) is 37.9 Å². The quantitative estimate of drug-likeness (QED) is 0.826. The Bertz CT molecular complexity index is 633. The van der Waals surface area contributed by atoms with Crippen molar-refractivity contribution >= 4 is 16.0 Å². The molecular weight excluding hydrogens is 318 g/mol. The van der Waals surface area contributed by atoms with E-state index >= 15 is 0 Å². The van der Waals surface area contributed by atoms with Crippen LogP contribution in [0.1, 0.15) is 19.3 Å². The van der Waals surface area contributed by atoms with Crippen LogP contribution in [-0.2, 0) is 14.8 Å². The van der Waals surface area contributed by atoms with Crippen LogP contribution in [0.3, 0.4) is 0 Å². The SMILES string of the molecule is CN(C)[C@H]1CCN(S(=O)(=O)c2cccnc2)C[C@H]1CCC(=O)O. The molecule has 0 aliphatic carbocycles. The highest BCUT2D eigenvalue weighted by atomic mass is 32.2. The smallest absolute Gasteiger partial charge is 0.303 e. The van der Waals surface area contributed by atoms with E-state index in [1.54, 1.807) is 6.07 Å². The molecule has 23 heavy (non-hydrogen) atoms. The van der Waals surface area contributed by atoms with Gasteiger partial charge < -0.3 is 10.0 Å². The minimum absolute atomic E-state index is 0.00120. The Morgan fingerprint density at radius 1 is 1.48 bits per heavy atom. The van der Waals surface area contributed by atoms with E-state index in [1.807, 2.05) is 14.1 Å². The molecule has 0 unspecified atom stereocenters. The van der Waals surface area contributed by atoms with E-state index in [9.17, 15) is 13.2 Å². The third-order valence-electron chi connectivity index (χ3n) is 4.32. The zero-order chi connectivity index (χ0) is 17.0. The standard InChI is InChI=1S/C15H23N3O4S/c1-17(2)14-7-9-18(11-12(14)5-6-15(19)20)23(21,22)13-4-3-8-16-10-13/h3-4,8,10,12,14H,5-7,9,11H2,1-2H3,(H,19,20)/t12-,14+/m1/s1. The number of aliphatic carboxylic acids is 1. The predicted molar refractivity (Wildman–Crippen MR) is 85.4 cm³/mol. The highest BCUT2D eigenvalue weighted by Crippen LogP contribution is 2.28. The van der Waals surface area contributed by atoms with Crippen molar-refractivity contribution in [1.29, 1.82) is 0 Å². The maximum absolute atomic E-state index is 12.7. The van der Waals surface area contributed by atoms with Crippen molar-refractivity contribution in [2.45, 2.75) is 30.2 Å². The van der Waals surface area contributed by atoms with E-state index in [1.165, 1.54) is 22.8 Å². The number of hydrogen-bond acceptors (Lipinski definition) is 5. The van der Waals surface area contributed by atoms with E-state index in [4.69, 9.17) is 5.11 Å². The molecule has 0 radical (unpaired) electrons. The molecule has 1 fully saturated rings. The van der Waals surface area contributed by atoms with Crippen LogP contribution >= 0.6 is 0 Å². The van der Waals surface area contributed by atoms with Crippen molar-refractivity contribution in [1.82, 2.24) is 14.2 Å². The van der Waals surface area contributed by atoms with Crippen LogP contribution in [0.4, 0.5) is 0 Å². The number of piperidine rings is 1. The van der Waals surface area contributed by atoms with Gasteiger partial charge in [0.2, 0.25) is 10.0 Å². The topological polar surface area (TPSA) is 90.8 Å². The second-order valence-electron chi connectivity index (χ2n) is 6.06. The fraction of sp³-hybridized carbons (Fsp3) is 0.600. The van der Waals surface area contributed by atoms with Crippen molar-refractivity contribution in [3.8, 4) is 0 Å². The fourth-order valence-electron chi connectivity index (χ4n) is 3.13. The summed E-state index contributed by atoms with van der Waals surface area (Å²) in [5, 5.41) is 8.92. The van der Waals surface area contributed by atoms with Crippen LogP contribution in [0.5, 0.6) is 0 Å². The predicted octanol–water partition coefficient (Wildman–Crippen LogP) is 0.887. The lowest BCUT2D eigenvalue weighted by molar-refractivity contribution is -0.137. The molecule has 1 saturated heterocycles. The number of sulfonamides is 1. The number of rotatable bonds is 6. The molecule has 2 rings (SSSR count). The minimum atomic E-state index is -3.58. The second-order valence-corrected chi connectivity index (χ2v) is 8.00. The molecule has 1 N–H and O–H groups in total. The van der Waals surface area contributed by atoms with Gasteiger partial charge in [-0.05, 0) is 45.0 Å². The van der Waals surface area contributed by atoms with Gasteiger partial charge in [-0.2, -0.15) is 4.31 Å². The van der Waals surface area contributed by atoms with Gasteiger partial charge in [0.05, 0.1) is 0 Å². The van der Waals surface area contributed by atoms with Crippen molar-refractivity contribution in [2.24, 2.45) is 5.92 Å². The summed E-state index contributed by atoms with van der Waals surface area (Å²) in [6.07, 6.45) is 4.09. The largest absolute Gasteiger partial charge is 0.481 e. The van der Waals surface area contributed by atoms with E-state index in [2.05, 4.69) is 9.88 Å². The number of pyridine rings is 1. The maximum atomic E-state index is 12.7. The van der Waals surface area contributed by atoms with E-state index in [0.29, 0.717) is 25.9 Å². The van der Waals surface area contributed by atoms with Gasteiger partial charge in [-0.25, -0.2) is 8.42 Å². The molecule has 2 heterocycles. The number of aromatic nitrogens is 1. The molecule has 128 valence electrons. The Hall–Kier alpha value is -1.51. The summed E-state index contributed by atoms with van der Waals surface area (Å²) >= 11 is 0. The highest BCUT2D eigenvalue weighted by molar-refractivity contribution is 7.89. The Morgan fingerprint density at radius 2 is 2.22 bits per heavy atom. The molecule has 0 saturated carbocycles. The normalized spacial score (nSPS) is 23.1. The van der Waals surface area contributed by atoms with E-state index in [0.717, 1.165) is 0 Å². The Kier molecular flexibility index (Phi) is 5.72. The van der Waals surface area contributed by atoms with E-state index in [-0.39, 0.29) is 23.3 Å². The number of carboxylic acids is 1. The first kappa shape index (κ1) is 17.8. The van der Waals surface area contributed by atoms with Crippen molar-refractivity contribution in [3.63, 3.8) is 0 Å². The van der Waals surface area contributed by atoms with Crippen LogP contribution < -0.4 is 0 Å². The fourth-order valence-corrected chi connectivity index (χ4v) is 4.60. The van der Waals surface area contributed by atoms with E-state index < -0.39 is 16.0 Å². The summed E-state index contributed by atoms with van der Waals surface area (Å²) in [5.74, 6) is -0.851. The highest BCUT2D eigenvalue weighted by Gasteiger charge is 2.36. The Labute approximate surface area is 137 Å². The number of carbonyl (C=O) groups is 1. The van der Waals surface area contributed by atoms with Crippen LogP contribution in [0.2, 0.25) is 0 Å². The van der Waals surface area contributed by atoms with Gasteiger partial charge in [-0.15, -0.1) is 0 Å². The average molecular weight is 341 g/mol. The van der Waals surface area contributed by atoms with Gasteiger partial charge >= 0.3 is 5.97 Å². The maximum Gasteiger partial charge on any atom is 0.303 e. The molecule has 0 spiro atoms. The average Bonchev–Trinajstić information content (AvgIpc) is 2.53. The summed E-state index contributed by atoms with van der Waals surface area (Å²) < 4.78 is 26.9. The lowest BCUT2D eigenvalue weighted by Crippen LogP contribution is -2.50. The Balaban J connectivity index is 2.17. The molecule has 0 amide bonds. The van der Waals surface area contributed by atoms with Crippen molar-refractivity contribution in [3.05, 3.63) is 24.5 Å². The van der Waals surface area contributed by atoms with Gasteiger partial charge in [0.15, 0.2) is 0 Å². The molecular formula is C15H23N3O4S. The molecule has 1 aromatic rings. The molecule has 0 aromatic carbocycles. The molecule has 1 aliphatic heterocycles. The summed E-state index contributed by atoms with van der Waals surface area (Å²) in [6, 6.07) is 3.32. The van der Waals surface area contributed by atoms with Gasteiger partial charge in [-0.3, -0.25) is 9.78 Å². The second kappa shape index (κ2) is 7.37. The monoisotopic (exact) mass is 341 g/mol. The zero-order valence-corrected chi connectivity index (χ0v) is 14.2. The molecule has 2 atom stereocenters. The summed E-state index contributed by atoms with van der Waals surface area (Å²) in [6.45, 7) is 0.775. The number of hydrogen-bond donors (Lipinski definition) is 1. The molecule has 1 aliphatic rings. The minimum Gasteiger partial charge on any atom is -0.481 e. The van der Waals surface area contributed by atoms with Crippen molar-refractivity contribution in [2.75, 3.05) is 27.2 Å². The van der Waals surface area contributed by atoms with Gasteiger partial charge in [0.1, 0.15) is 4.90 Å². The van der Waals surface area contributed by atoms with Crippen molar-refractivity contribution < 1.29 is 18.3 Å². The lowest BCUT2D eigenvalue weighted by Gasteiger charge is -2.40. The summed E-state index contributed by atoms with van der Waals surface area (Å²) in [4.78, 5) is 17.0. The van der Waals surface area contributed by atoms with Crippen LogP contribution in [0.15, 0.2) is 29.4 Å². The van der Waals surface area contributed by atoms with Crippen LogP contribution in [-0.4, -0.2) is 66.9 Å². The number of nitrogens with zero attached hydrogens (tertiary/aromatic N) is 3. The van der Waals surface area contributed by atoms with Gasteiger partial charge in [0.25, 0.3) is 0 Å². The summed E-state index contributed by atoms with van der Waals surface area (Å²) in [7, 11) is 0.318. The summed E-state index contributed by atoms with van der Waals surface area (Å²) in [5.41, 5.74) is 0. The van der Waals surface area contributed by atoms with Gasteiger partial charge in [-0.1, -0.05) is 0 Å².